The number of carbonyl (C=O) groups is 1. The largest absolute Gasteiger partial charge is 0.350 e. The Morgan fingerprint density at radius 3 is 2.58 bits per heavy atom. The second-order valence-electron chi connectivity index (χ2n) is 7.46. The average molecular weight is 354 g/mol. The van der Waals surface area contributed by atoms with Crippen molar-refractivity contribution in [1.82, 2.24) is 10.3 Å². The quantitative estimate of drug-likeness (QED) is 0.676. The number of hydrogen-bond acceptors (Lipinski definition) is 5. The first-order valence-corrected chi connectivity index (χ1v) is 8.51. The Morgan fingerprint density at radius 2 is 1.92 bits per heavy atom. The minimum Gasteiger partial charge on any atom is -0.350 e. The maximum Gasteiger partial charge on any atom is 0.311 e. The SMILES string of the molecule is CC(C)(C)NC(=O)C1Cc2ccccc2CN1c1ncccc1[N+](=O)[O-]. The van der Waals surface area contributed by atoms with Gasteiger partial charge in [-0.1, -0.05) is 24.3 Å². The fourth-order valence-electron chi connectivity index (χ4n) is 3.19. The summed E-state index contributed by atoms with van der Waals surface area (Å²) < 4.78 is 0. The Balaban J connectivity index is 2.05. The van der Waals surface area contributed by atoms with Gasteiger partial charge in [-0.05, 0) is 38.0 Å². The minimum absolute atomic E-state index is 0.0968. The lowest BCUT2D eigenvalue weighted by atomic mass is 9.92. The zero-order chi connectivity index (χ0) is 18.9. The van der Waals surface area contributed by atoms with E-state index in [4.69, 9.17) is 0 Å². The molecular weight excluding hydrogens is 332 g/mol. The zero-order valence-corrected chi connectivity index (χ0v) is 15.1. The van der Waals surface area contributed by atoms with Crippen LogP contribution in [0, 0.1) is 10.1 Å². The van der Waals surface area contributed by atoms with Crippen molar-refractivity contribution >= 4 is 17.4 Å². The highest BCUT2D eigenvalue weighted by atomic mass is 16.6. The summed E-state index contributed by atoms with van der Waals surface area (Å²) >= 11 is 0. The Hall–Kier alpha value is -2.96. The van der Waals surface area contributed by atoms with E-state index in [1.165, 1.54) is 18.3 Å². The van der Waals surface area contributed by atoms with Crippen LogP contribution < -0.4 is 10.2 Å². The van der Waals surface area contributed by atoms with Crippen LogP contribution in [0.5, 0.6) is 0 Å². The van der Waals surface area contributed by atoms with Crippen LogP contribution in [0.1, 0.15) is 31.9 Å². The molecule has 0 radical (unpaired) electrons. The molecule has 0 spiro atoms. The summed E-state index contributed by atoms with van der Waals surface area (Å²) in [5.41, 5.74) is 1.64. The van der Waals surface area contributed by atoms with Crippen molar-refractivity contribution in [2.45, 2.75) is 45.3 Å². The number of nitrogens with zero attached hydrogens (tertiary/aromatic N) is 3. The number of carbonyl (C=O) groups excluding carboxylic acids is 1. The minimum atomic E-state index is -0.558. The number of nitro groups is 1. The van der Waals surface area contributed by atoms with Crippen LogP contribution in [0.2, 0.25) is 0 Å². The van der Waals surface area contributed by atoms with E-state index in [1.807, 2.05) is 45.0 Å². The summed E-state index contributed by atoms with van der Waals surface area (Å²) in [5.74, 6) is 0.0630. The van der Waals surface area contributed by atoms with Crippen LogP contribution in [0.3, 0.4) is 0 Å². The highest BCUT2D eigenvalue weighted by Gasteiger charge is 2.36. The predicted molar refractivity (Wildman–Crippen MR) is 98.9 cm³/mol. The number of fused-ring (bicyclic) bond motifs is 1. The number of benzene rings is 1. The molecule has 1 unspecified atom stereocenters. The maximum atomic E-state index is 12.9. The van der Waals surface area contributed by atoms with Gasteiger partial charge in [0.2, 0.25) is 11.7 Å². The monoisotopic (exact) mass is 354 g/mol. The van der Waals surface area contributed by atoms with Crippen LogP contribution >= 0.6 is 0 Å². The second kappa shape index (κ2) is 6.74. The van der Waals surface area contributed by atoms with Gasteiger partial charge in [-0.3, -0.25) is 14.9 Å². The molecule has 1 aromatic carbocycles. The van der Waals surface area contributed by atoms with Gasteiger partial charge in [0.05, 0.1) is 4.92 Å². The van der Waals surface area contributed by atoms with Gasteiger partial charge in [-0.25, -0.2) is 4.98 Å². The number of hydrogen-bond donors (Lipinski definition) is 1. The maximum absolute atomic E-state index is 12.9. The van der Waals surface area contributed by atoms with E-state index in [0.717, 1.165) is 11.1 Å². The third-order valence-corrected chi connectivity index (χ3v) is 4.28. The van der Waals surface area contributed by atoms with E-state index in [9.17, 15) is 14.9 Å². The fraction of sp³-hybridized carbons (Fsp3) is 0.368. The molecule has 2 heterocycles. The van der Waals surface area contributed by atoms with Gasteiger partial charge in [0.1, 0.15) is 6.04 Å². The van der Waals surface area contributed by atoms with Gasteiger partial charge < -0.3 is 10.2 Å². The number of nitrogens with one attached hydrogen (secondary N) is 1. The molecule has 0 bridgehead atoms. The number of rotatable bonds is 3. The molecule has 0 saturated carbocycles. The molecule has 1 N–H and O–H groups in total. The molecule has 136 valence electrons. The third kappa shape index (κ3) is 3.66. The Bertz CT molecular complexity index is 845. The first kappa shape index (κ1) is 17.8. The molecule has 1 atom stereocenters. The lowest BCUT2D eigenvalue weighted by Gasteiger charge is -2.37. The molecule has 0 fully saturated rings. The van der Waals surface area contributed by atoms with E-state index < -0.39 is 16.5 Å². The molecular formula is C19H22N4O3. The summed E-state index contributed by atoms with van der Waals surface area (Å²) in [7, 11) is 0. The van der Waals surface area contributed by atoms with Crippen LogP contribution in [0.4, 0.5) is 11.5 Å². The summed E-state index contributed by atoms with van der Waals surface area (Å²) in [6.45, 7) is 6.13. The lowest BCUT2D eigenvalue weighted by molar-refractivity contribution is -0.384. The smallest absolute Gasteiger partial charge is 0.311 e. The first-order chi connectivity index (χ1) is 12.3. The molecule has 1 aromatic heterocycles. The number of anilines is 1. The van der Waals surface area contributed by atoms with Crippen molar-refractivity contribution < 1.29 is 9.72 Å². The molecule has 7 heteroatoms. The summed E-state index contributed by atoms with van der Waals surface area (Å²) in [4.78, 5) is 29.9. The first-order valence-electron chi connectivity index (χ1n) is 8.51. The molecule has 26 heavy (non-hydrogen) atoms. The Labute approximate surface area is 152 Å². The van der Waals surface area contributed by atoms with Gasteiger partial charge in [0.25, 0.3) is 0 Å². The molecule has 2 aromatic rings. The molecule has 0 aliphatic carbocycles. The topological polar surface area (TPSA) is 88.4 Å². The highest BCUT2D eigenvalue weighted by molar-refractivity contribution is 5.87. The van der Waals surface area contributed by atoms with E-state index in [0.29, 0.717) is 13.0 Å². The second-order valence-corrected chi connectivity index (χ2v) is 7.46. The fourth-order valence-corrected chi connectivity index (χ4v) is 3.19. The molecule has 3 rings (SSSR count). The Morgan fingerprint density at radius 1 is 1.23 bits per heavy atom. The molecule has 0 saturated heterocycles. The van der Waals surface area contributed by atoms with Crippen molar-refractivity contribution in [2.75, 3.05) is 4.90 Å². The van der Waals surface area contributed by atoms with E-state index in [1.54, 1.807) is 4.90 Å². The van der Waals surface area contributed by atoms with Gasteiger partial charge >= 0.3 is 5.69 Å². The molecule has 1 aliphatic rings. The standard InChI is InChI=1S/C19H22N4O3/c1-19(2,3)21-18(24)16-11-13-7-4-5-8-14(13)12-22(16)17-15(23(25)26)9-6-10-20-17/h4-10,16H,11-12H2,1-3H3,(H,21,24). The molecule has 7 nitrogen and oxygen atoms in total. The van der Waals surface area contributed by atoms with Gasteiger partial charge in [-0.15, -0.1) is 0 Å². The van der Waals surface area contributed by atoms with Crippen molar-refractivity contribution in [1.29, 1.82) is 0 Å². The summed E-state index contributed by atoms with van der Waals surface area (Å²) in [6.07, 6.45) is 1.99. The van der Waals surface area contributed by atoms with Crippen LogP contribution in [0.15, 0.2) is 42.6 Å². The van der Waals surface area contributed by atoms with Crippen LogP contribution in [0.25, 0.3) is 0 Å². The number of amides is 1. The summed E-state index contributed by atoms with van der Waals surface area (Å²) in [6, 6.07) is 10.2. The van der Waals surface area contributed by atoms with Crippen molar-refractivity contribution in [3.05, 3.63) is 63.8 Å². The highest BCUT2D eigenvalue weighted by Crippen LogP contribution is 2.33. The molecule has 1 amide bonds. The van der Waals surface area contributed by atoms with Gasteiger partial charge in [-0.2, -0.15) is 0 Å². The van der Waals surface area contributed by atoms with E-state index in [-0.39, 0.29) is 17.4 Å². The lowest BCUT2D eigenvalue weighted by Crippen LogP contribution is -2.55. The van der Waals surface area contributed by atoms with Crippen molar-refractivity contribution in [3.8, 4) is 0 Å². The zero-order valence-electron chi connectivity index (χ0n) is 15.1. The molecule has 1 aliphatic heterocycles. The van der Waals surface area contributed by atoms with E-state index >= 15 is 0 Å². The van der Waals surface area contributed by atoms with Crippen molar-refractivity contribution in [2.24, 2.45) is 0 Å². The van der Waals surface area contributed by atoms with Crippen LogP contribution in [-0.4, -0.2) is 27.4 Å². The average Bonchev–Trinajstić information content (AvgIpc) is 2.59. The summed E-state index contributed by atoms with van der Waals surface area (Å²) in [5, 5.41) is 14.4. The normalized spacial score (nSPS) is 16.7. The number of aromatic nitrogens is 1. The number of pyridine rings is 1. The van der Waals surface area contributed by atoms with Gasteiger partial charge in [0.15, 0.2) is 0 Å². The third-order valence-electron chi connectivity index (χ3n) is 4.28. The predicted octanol–water partition coefficient (Wildman–Crippen LogP) is 2.84. The Kier molecular flexibility index (Phi) is 4.63. The van der Waals surface area contributed by atoms with Crippen LogP contribution in [-0.2, 0) is 17.8 Å². The van der Waals surface area contributed by atoms with E-state index in [2.05, 4.69) is 10.3 Å². The van der Waals surface area contributed by atoms with Gasteiger partial charge in [0, 0.05) is 30.8 Å². The van der Waals surface area contributed by atoms with Crippen molar-refractivity contribution in [3.63, 3.8) is 0 Å².